The molecule has 0 saturated carbocycles. The summed E-state index contributed by atoms with van der Waals surface area (Å²) in [5.74, 6) is -0.142. The van der Waals surface area contributed by atoms with E-state index in [4.69, 9.17) is 11.6 Å². The Balaban J connectivity index is 1.98. The average Bonchev–Trinajstić information content (AvgIpc) is 2.72. The first kappa shape index (κ1) is 13.8. The molecule has 0 atom stereocenters. The lowest BCUT2D eigenvalue weighted by Gasteiger charge is -2.20. The van der Waals surface area contributed by atoms with Crippen LogP contribution >= 0.6 is 11.6 Å². The highest BCUT2D eigenvalue weighted by atomic mass is 35.5. The van der Waals surface area contributed by atoms with E-state index in [-0.39, 0.29) is 11.8 Å². The number of hydrogen-bond donors (Lipinski definition) is 1. The van der Waals surface area contributed by atoms with E-state index < -0.39 is 0 Å². The molecule has 3 rings (SSSR count). The van der Waals surface area contributed by atoms with Crippen LogP contribution in [0.25, 0.3) is 10.8 Å². The highest BCUT2D eigenvalue weighted by Gasteiger charge is 2.22. The third-order valence-corrected chi connectivity index (χ3v) is 3.88. The molecule has 0 unspecified atom stereocenters. The monoisotopic (exact) mass is 303 g/mol. The Bertz CT molecular complexity index is 717. The van der Waals surface area contributed by atoms with Crippen LogP contribution in [0.2, 0.25) is 5.15 Å². The molecular formula is C15H14ClN3O2. The van der Waals surface area contributed by atoms with Gasteiger partial charge in [0.25, 0.3) is 5.91 Å². The molecule has 1 saturated heterocycles. The van der Waals surface area contributed by atoms with E-state index in [1.54, 1.807) is 4.90 Å². The number of fused-ring (bicyclic) bond motifs is 1. The highest BCUT2D eigenvalue weighted by Crippen LogP contribution is 2.25. The normalized spacial score (nSPS) is 15.7. The second-order valence-electron chi connectivity index (χ2n) is 4.90. The summed E-state index contributed by atoms with van der Waals surface area (Å²) in [5, 5.41) is 4.68. The van der Waals surface area contributed by atoms with Crippen LogP contribution in [0.1, 0.15) is 16.8 Å². The molecule has 2 heterocycles. The van der Waals surface area contributed by atoms with Gasteiger partial charge in [0.15, 0.2) is 0 Å². The van der Waals surface area contributed by atoms with Gasteiger partial charge < -0.3 is 10.2 Å². The zero-order chi connectivity index (χ0) is 14.8. The maximum Gasteiger partial charge on any atom is 0.256 e. The van der Waals surface area contributed by atoms with Crippen LogP contribution in [-0.4, -0.2) is 41.3 Å². The summed E-state index contributed by atoms with van der Waals surface area (Å²) >= 11 is 6.07. The topological polar surface area (TPSA) is 62.3 Å². The Hall–Kier alpha value is -2.14. The Morgan fingerprint density at radius 3 is 2.81 bits per heavy atom. The summed E-state index contributed by atoms with van der Waals surface area (Å²) in [6.45, 7) is 1.40. The maximum absolute atomic E-state index is 12.7. The number of carbonyl (C=O) groups is 2. The fraction of sp³-hybridized carbons (Fsp3) is 0.267. The molecule has 0 aliphatic carbocycles. The number of hydrogen-bond acceptors (Lipinski definition) is 3. The van der Waals surface area contributed by atoms with Crippen LogP contribution in [0.3, 0.4) is 0 Å². The number of halogens is 1. The third-order valence-electron chi connectivity index (χ3n) is 3.58. The number of amides is 2. The number of carbonyl (C=O) groups excluding carboxylic acids is 2. The van der Waals surface area contributed by atoms with Crippen LogP contribution < -0.4 is 5.32 Å². The minimum Gasteiger partial charge on any atom is -0.354 e. The van der Waals surface area contributed by atoms with Crippen molar-refractivity contribution in [1.82, 2.24) is 15.2 Å². The fourth-order valence-corrected chi connectivity index (χ4v) is 2.68. The quantitative estimate of drug-likeness (QED) is 0.818. The van der Waals surface area contributed by atoms with E-state index in [0.29, 0.717) is 36.8 Å². The van der Waals surface area contributed by atoms with Crippen LogP contribution in [0.4, 0.5) is 0 Å². The smallest absolute Gasteiger partial charge is 0.256 e. The van der Waals surface area contributed by atoms with E-state index in [1.165, 1.54) is 6.20 Å². The van der Waals surface area contributed by atoms with Crippen LogP contribution in [0.5, 0.6) is 0 Å². The van der Waals surface area contributed by atoms with Crippen molar-refractivity contribution in [3.63, 3.8) is 0 Å². The lowest BCUT2D eigenvalue weighted by molar-refractivity contribution is -0.120. The number of benzene rings is 1. The molecule has 1 aromatic carbocycles. The third kappa shape index (κ3) is 2.69. The zero-order valence-electron chi connectivity index (χ0n) is 11.3. The van der Waals surface area contributed by atoms with Crippen molar-refractivity contribution in [1.29, 1.82) is 0 Å². The van der Waals surface area contributed by atoms with E-state index >= 15 is 0 Å². The molecule has 1 N–H and O–H groups in total. The fourth-order valence-electron chi connectivity index (χ4n) is 2.47. The summed E-state index contributed by atoms with van der Waals surface area (Å²) in [7, 11) is 0. The standard InChI is InChI=1S/C15H14ClN3O2/c16-14-11-4-2-1-3-10(11)12(9-18-14)15(21)19-7-5-13(20)17-6-8-19/h1-4,9H,5-8H2,(H,17,20). The van der Waals surface area contributed by atoms with E-state index in [1.807, 2.05) is 24.3 Å². The van der Waals surface area contributed by atoms with Gasteiger partial charge in [0, 0.05) is 37.6 Å². The van der Waals surface area contributed by atoms with Gasteiger partial charge in [-0.05, 0) is 5.39 Å². The van der Waals surface area contributed by atoms with Crippen molar-refractivity contribution in [2.24, 2.45) is 0 Å². The molecule has 2 amide bonds. The van der Waals surface area contributed by atoms with Crippen molar-refractivity contribution in [3.8, 4) is 0 Å². The van der Waals surface area contributed by atoms with Gasteiger partial charge in [-0.25, -0.2) is 4.98 Å². The Labute approximate surface area is 126 Å². The van der Waals surface area contributed by atoms with Gasteiger partial charge in [0.05, 0.1) is 5.56 Å². The van der Waals surface area contributed by atoms with Crippen molar-refractivity contribution in [3.05, 3.63) is 41.2 Å². The van der Waals surface area contributed by atoms with Crippen molar-refractivity contribution in [2.45, 2.75) is 6.42 Å². The first-order valence-electron chi connectivity index (χ1n) is 6.76. The molecule has 1 aromatic heterocycles. The van der Waals surface area contributed by atoms with Gasteiger partial charge in [-0.15, -0.1) is 0 Å². The lowest BCUT2D eigenvalue weighted by Crippen LogP contribution is -2.34. The molecular weight excluding hydrogens is 290 g/mol. The van der Waals surface area contributed by atoms with Crippen molar-refractivity contribution >= 4 is 34.2 Å². The number of rotatable bonds is 1. The summed E-state index contributed by atoms with van der Waals surface area (Å²) in [6, 6.07) is 7.42. The van der Waals surface area contributed by atoms with E-state index in [0.717, 1.165) is 10.8 Å². The molecule has 2 aromatic rings. The second kappa shape index (κ2) is 5.69. The summed E-state index contributed by atoms with van der Waals surface area (Å²) in [6.07, 6.45) is 1.83. The lowest BCUT2D eigenvalue weighted by atomic mass is 10.1. The Kier molecular flexibility index (Phi) is 3.75. The SMILES string of the molecule is O=C1CCN(C(=O)c2cnc(Cl)c3ccccc23)CCN1. The van der Waals surface area contributed by atoms with Gasteiger partial charge >= 0.3 is 0 Å². The minimum atomic E-state index is -0.119. The number of nitrogens with zero attached hydrogens (tertiary/aromatic N) is 2. The van der Waals surface area contributed by atoms with Gasteiger partial charge in [-0.3, -0.25) is 9.59 Å². The van der Waals surface area contributed by atoms with E-state index in [2.05, 4.69) is 10.3 Å². The molecule has 1 fully saturated rings. The number of pyridine rings is 1. The molecule has 21 heavy (non-hydrogen) atoms. The molecule has 108 valence electrons. The van der Waals surface area contributed by atoms with Gasteiger partial charge in [-0.1, -0.05) is 35.9 Å². The average molecular weight is 304 g/mol. The summed E-state index contributed by atoms with van der Waals surface area (Å²) in [5.41, 5.74) is 0.518. The van der Waals surface area contributed by atoms with Crippen LogP contribution in [0, 0.1) is 0 Å². The molecule has 1 aliphatic heterocycles. The minimum absolute atomic E-state index is 0.0237. The van der Waals surface area contributed by atoms with Crippen LogP contribution in [0.15, 0.2) is 30.5 Å². The first-order valence-corrected chi connectivity index (χ1v) is 7.14. The first-order chi connectivity index (χ1) is 10.2. The Morgan fingerprint density at radius 1 is 1.24 bits per heavy atom. The van der Waals surface area contributed by atoms with Gasteiger partial charge in [-0.2, -0.15) is 0 Å². The highest BCUT2D eigenvalue weighted by molar-refractivity contribution is 6.34. The summed E-state index contributed by atoms with van der Waals surface area (Å²) in [4.78, 5) is 29.8. The van der Waals surface area contributed by atoms with Crippen molar-refractivity contribution in [2.75, 3.05) is 19.6 Å². The molecule has 5 nitrogen and oxygen atoms in total. The predicted molar refractivity (Wildman–Crippen MR) is 80.3 cm³/mol. The van der Waals surface area contributed by atoms with Crippen molar-refractivity contribution < 1.29 is 9.59 Å². The summed E-state index contributed by atoms with van der Waals surface area (Å²) < 4.78 is 0. The largest absolute Gasteiger partial charge is 0.354 e. The predicted octanol–water partition coefficient (Wildman–Crippen LogP) is 1.85. The zero-order valence-corrected chi connectivity index (χ0v) is 12.1. The number of aromatic nitrogens is 1. The van der Waals surface area contributed by atoms with Gasteiger partial charge in [0.1, 0.15) is 5.15 Å². The van der Waals surface area contributed by atoms with E-state index in [9.17, 15) is 9.59 Å². The molecule has 6 heteroatoms. The maximum atomic E-state index is 12.7. The van der Waals surface area contributed by atoms with Crippen LogP contribution in [-0.2, 0) is 4.79 Å². The Morgan fingerprint density at radius 2 is 2.00 bits per heavy atom. The molecule has 0 radical (unpaired) electrons. The number of nitrogens with one attached hydrogen (secondary N) is 1. The molecule has 1 aliphatic rings. The second-order valence-corrected chi connectivity index (χ2v) is 5.26. The molecule has 0 bridgehead atoms. The molecule has 0 spiro atoms. The van der Waals surface area contributed by atoms with Gasteiger partial charge in [0.2, 0.25) is 5.91 Å².